The van der Waals surface area contributed by atoms with Crippen LogP contribution in [0.15, 0.2) is 23.6 Å². The molecular weight excluding hydrogens is 298 g/mol. The number of anilines is 1. The van der Waals surface area contributed by atoms with E-state index in [1.165, 1.54) is 11.3 Å². The summed E-state index contributed by atoms with van der Waals surface area (Å²) in [5.74, 6) is 0.737. The molecule has 2 aromatic rings. The smallest absolute Gasteiger partial charge is 0.275 e. The van der Waals surface area contributed by atoms with Crippen LogP contribution >= 0.6 is 11.3 Å². The Kier molecular flexibility index (Phi) is 4.13. The van der Waals surface area contributed by atoms with E-state index >= 15 is 0 Å². The van der Waals surface area contributed by atoms with Gasteiger partial charge in [0.15, 0.2) is 0 Å². The van der Waals surface area contributed by atoms with Gasteiger partial charge in [-0.3, -0.25) is 4.79 Å². The summed E-state index contributed by atoms with van der Waals surface area (Å²) in [6.45, 7) is 2.78. The Balaban J connectivity index is 1.69. The molecule has 1 aliphatic rings. The van der Waals surface area contributed by atoms with E-state index < -0.39 is 0 Å². The molecule has 116 valence electrons. The van der Waals surface area contributed by atoms with Gasteiger partial charge < -0.3 is 15.0 Å². The Morgan fingerprint density at radius 1 is 1.50 bits per heavy atom. The number of nitrogens with one attached hydrogen (secondary N) is 1. The summed E-state index contributed by atoms with van der Waals surface area (Å²) in [7, 11) is 3.96. The van der Waals surface area contributed by atoms with Crippen LogP contribution in [0.4, 0.5) is 5.69 Å². The highest BCUT2D eigenvalue weighted by molar-refractivity contribution is 7.09. The summed E-state index contributed by atoms with van der Waals surface area (Å²) in [5, 5.41) is 5.64. The number of nitrogens with zero attached hydrogens (tertiary/aromatic N) is 2. The molecule has 6 heteroatoms. The van der Waals surface area contributed by atoms with Crippen LogP contribution in [0.5, 0.6) is 5.75 Å². The fraction of sp³-hybridized carbons (Fsp3) is 0.375. The van der Waals surface area contributed by atoms with Gasteiger partial charge in [0.2, 0.25) is 0 Å². The topological polar surface area (TPSA) is 54.5 Å². The maximum atomic E-state index is 12.3. The van der Waals surface area contributed by atoms with Crippen LogP contribution in [-0.2, 0) is 13.0 Å². The number of carbonyl (C=O) groups excluding carboxylic acids is 1. The van der Waals surface area contributed by atoms with E-state index in [-0.39, 0.29) is 12.0 Å². The van der Waals surface area contributed by atoms with Crippen molar-refractivity contribution in [2.24, 2.45) is 0 Å². The predicted molar refractivity (Wildman–Crippen MR) is 87.7 cm³/mol. The lowest BCUT2D eigenvalue weighted by Gasteiger charge is -2.06. The summed E-state index contributed by atoms with van der Waals surface area (Å²) in [6.07, 6.45) is 1.08. The van der Waals surface area contributed by atoms with E-state index in [2.05, 4.69) is 10.3 Å². The summed E-state index contributed by atoms with van der Waals surface area (Å²) in [5.41, 5.74) is 2.38. The number of ether oxygens (including phenoxy) is 1. The molecule has 1 aromatic carbocycles. The Bertz CT molecular complexity index is 696. The molecule has 1 aromatic heterocycles. The molecule has 0 bridgehead atoms. The maximum absolute atomic E-state index is 12.3. The Morgan fingerprint density at radius 3 is 3.09 bits per heavy atom. The van der Waals surface area contributed by atoms with Crippen LogP contribution < -0.4 is 10.1 Å². The number of amides is 1. The van der Waals surface area contributed by atoms with Crippen molar-refractivity contribution >= 4 is 22.9 Å². The summed E-state index contributed by atoms with van der Waals surface area (Å²) in [6, 6.07) is 5.75. The van der Waals surface area contributed by atoms with Crippen molar-refractivity contribution in [3.05, 3.63) is 39.8 Å². The summed E-state index contributed by atoms with van der Waals surface area (Å²) < 4.78 is 5.66. The second kappa shape index (κ2) is 6.06. The number of benzene rings is 1. The van der Waals surface area contributed by atoms with E-state index in [1.54, 1.807) is 5.38 Å². The zero-order chi connectivity index (χ0) is 15.7. The molecule has 2 heterocycles. The molecule has 0 spiro atoms. The first kappa shape index (κ1) is 15.0. The van der Waals surface area contributed by atoms with Gasteiger partial charge >= 0.3 is 0 Å². The predicted octanol–water partition coefficient (Wildman–Crippen LogP) is 2.78. The molecule has 1 N–H and O–H groups in total. The number of hydrogen-bond donors (Lipinski definition) is 1. The fourth-order valence-electron chi connectivity index (χ4n) is 2.45. The SMILES string of the molecule is CC1Cc2cc(NC(=O)c3csc(CN(C)C)n3)ccc2O1. The van der Waals surface area contributed by atoms with Gasteiger partial charge in [0, 0.05) is 24.0 Å². The molecule has 0 radical (unpaired) electrons. The number of hydrogen-bond acceptors (Lipinski definition) is 5. The van der Waals surface area contributed by atoms with E-state index in [1.807, 2.05) is 44.1 Å². The quantitative estimate of drug-likeness (QED) is 0.942. The van der Waals surface area contributed by atoms with Crippen LogP contribution in [0.3, 0.4) is 0 Å². The monoisotopic (exact) mass is 317 g/mol. The summed E-state index contributed by atoms with van der Waals surface area (Å²) in [4.78, 5) is 18.7. The lowest BCUT2D eigenvalue weighted by atomic mass is 10.1. The van der Waals surface area contributed by atoms with Crippen LogP contribution in [-0.4, -0.2) is 36.0 Å². The third-order valence-electron chi connectivity index (χ3n) is 3.39. The lowest BCUT2D eigenvalue weighted by molar-refractivity contribution is 0.102. The number of aromatic nitrogens is 1. The Morgan fingerprint density at radius 2 is 2.32 bits per heavy atom. The number of fused-ring (bicyclic) bond motifs is 1. The molecule has 5 nitrogen and oxygen atoms in total. The largest absolute Gasteiger partial charge is 0.490 e. The van der Waals surface area contributed by atoms with Crippen LogP contribution in [0.25, 0.3) is 0 Å². The maximum Gasteiger partial charge on any atom is 0.275 e. The average molecular weight is 317 g/mol. The van der Waals surface area contributed by atoms with Gasteiger partial charge in [-0.1, -0.05) is 0 Å². The van der Waals surface area contributed by atoms with Crippen LogP contribution in [0, 0.1) is 0 Å². The van der Waals surface area contributed by atoms with E-state index in [4.69, 9.17) is 4.74 Å². The number of thiazole rings is 1. The van der Waals surface area contributed by atoms with Crippen molar-refractivity contribution in [1.82, 2.24) is 9.88 Å². The second-order valence-corrected chi connectivity index (χ2v) is 6.72. The fourth-order valence-corrected chi connectivity index (χ4v) is 3.34. The van der Waals surface area contributed by atoms with E-state index in [9.17, 15) is 4.79 Å². The van der Waals surface area contributed by atoms with Crippen molar-refractivity contribution in [1.29, 1.82) is 0 Å². The molecule has 1 amide bonds. The molecule has 0 aliphatic carbocycles. The van der Waals surface area contributed by atoms with Crippen molar-refractivity contribution in [3.63, 3.8) is 0 Å². The first-order valence-corrected chi connectivity index (χ1v) is 8.09. The van der Waals surface area contributed by atoms with Crippen molar-refractivity contribution in [2.45, 2.75) is 26.0 Å². The highest BCUT2D eigenvalue weighted by atomic mass is 32.1. The second-order valence-electron chi connectivity index (χ2n) is 5.77. The van der Waals surface area contributed by atoms with E-state index in [0.29, 0.717) is 5.69 Å². The standard InChI is InChI=1S/C16H19N3O2S/c1-10-6-11-7-12(4-5-14(11)21-10)17-16(20)13-9-22-15(18-13)8-19(2)3/h4-5,7,9-10H,6,8H2,1-3H3,(H,17,20). The zero-order valence-corrected chi connectivity index (χ0v) is 13.7. The van der Waals surface area contributed by atoms with Gasteiger partial charge in [0.1, 0.15) is 22.6 Å². The molecule has 0 fully saturated rings. The minimum absolute atomic E-state index is 0.173. The highest BCUT2D eigenvalue weighted by Crippen LogP contribution is 2.31. The van der Waals surface area contributed by atoms with Crippen LogP contribution in [0.2, 0.25) is 0 Å². The van der Waals surface area contributed by atoms with Gasteiger partial charge in [-0.2, -0.15) is 0 Å². The molecule has 1 atom stereocenters. The Hall–Kier alpha value is -1.92. The van der Waals surface area contributed by atoms with Crippen molar-refractivity contribution < 1.29 is 9.53 Å². The van der Waals surface area contributed by atoms with Gasteiger partial charge in [-0.15, -0.1) is 11.3 Å². The molecule has 22 heavy (non-hydrogen) atoms. The molecule has 0 saturated carbocycles. The molecular formula is C16H19N3O2S. The van der Waals surface area contributed by atoms with Crippen LogP contribution in [0.1, 0.15) is 28.0 Å². The van der Waals surface area contributed by atoms with E-state index in [0.717, 1.165) is 35.0 Å². The molecule has 0 saturated heterocycles. The van der Waals surface area contributed by atoms with Crippen molar-refractivity contribution in [3.8, 4) is 5.75 Å². The minimum atomic E-state index is -0.173. The minimum Gasteiger partial charge on any atom is -0.490 e. The Labute approximate surface area is 133 Å². The molecule has 1 aliphatic heterocycles. The normalized spacial score (nSPS) is 16.5. The molecule has 3 rings (SSSR count). The highest BCUT2D eigenvalue weighted by Gasteiger charge is 2.19. The first-order chi connectivity index (χ1) is 10.5. The zero-order valence-electron chi connectivity index (χ0n) is 12.9. The third-order valence-corrected chi connectivity index (χ3v) is 4.22. The number of carbonyl (C=O) groups is 1. The first-order valence-electron chi connectivity index (χ1n) is 7.21. The number of rotatable bonds is 4. The summed E-state index contributed by atoms with van der Waals surface area (Å²) >= 11 is 1.50. The van der Waals surface area contributed by atoms with Gasteiger partial charge in [-0.05, 0) is 44.8 Å². The average Bonchev–Trinajstić information content (AvgIpc) is 3.03. The molecule has 1 unspecified atom stereocenters. The lowest BCUT2D eigenvalue weighted by Crippen LogP contribution is -2.14. The van der Waals surface area contributed by atoms with Crippen molar-refractivity contribution in [2.75, 3.05) is 19.4 Å². The third kappa shape index (κ3) is 3.28. The van der Waals surface area contributed by atoms with Gasteiger partial charge in [-0.25, -0.2) is 4.98 Å². The van der Waals surface area contributed by atoms with Gasteiger partial charge in [0.25, 0.3) is 5.91 Å². The van der Waals surface area contributed by atoms with Gasteiger partial charge in [0.05, 0.1) is 0 Å².